The Bertz CT molecular complexity index is 1200. The molecule has 2 aromatic carbocycles. The van der Waals surface area contributed by atoms with Crippen molar-refractivity contribution in [2.75, 3.05) is 17.7 Å². The number of amides is 2. The van der Waals surface area contributed by atoms with Gasteiger partial charge in [-0.15, -0.1) is 0 Å². The number of fused-ring (bicyclic) bond motifs is 1. The minimum absolute atomic E-state index is 0.0172. The molecule has 0 aliphatic heterocycles. The highest BCUT2D eigenvalue weighted by atomic mass is 32.1. The molecule has 2 amide bonds. The maximum atomic E-state index is 12.3. The summed E-state index contributed by atoms with van der Waals surface area (Å²) in [6.45, 7) is 0. The lowest BCUT2D eigenvalue weighted by Crippen LogP contribution is -2.17. The van der Waals surface area contributed by atoms with Gasteiger partial charge in [-0.2, -0.15) is 11.3 Å². The lowest BCUT2D eigenvalue weighted by atomic mass is 10.1. The molecule has 0 unspecified atom stereocenters. The second-order valence-corrected chi connectivity index (χ2v) is 7.83. The van der Waals surface area contributed by atoms with Gasteiger partial charge in [0.05, 0.1) is 12.7 Å². The number of methoxy groups -OCH3 is 1. The van der Waals surface area contributed by atoms with Crippen LogP contribution in [0.15, 0.2) is 53.2 Å². The third-order valence-corrected chi connectivity index (χ3v) is 5.75. The summed E-state index contributed by atoms with van der Waals surface area (Å²) in [7, 11) is 1.63. The minimum Gasteiger partial charge on any atom is -0.496 e. The zero-order valence-corrected chi connectivity index (χ0v) is 16.9. The molecule has 0 bridgehead atoms. The Morgan fingerprint density at radius 1 is 1.17 bits per heavy atom. The molecule has 0 aliphatic carbocycles. The van der Waals surface area contributed by atoms with Crippen LogP contribution in [-0.2, 0) is 0 Å². The number of thiophene rings is 1. The van der Waals surface area contributed by atoms with Crippen LogP contribution in [0.25, 0.3) is 10.8 Å². The van der Waals surface area contributed by atoms with Gasteiger partial charge in [-0.05, 0) is 41.1 Å². The van der Waals surface area contributed by atoms with Crippen molar-refractivity contribution in [2.45, 2.75) is 0 Å². The fourth-order valence-corrected chi connectivity index (χ4v) is 4.35. The van der Waals surface area contributed by atoms with Crippen molar-refractivity contribution in [1.29, 1.82) is 0 Å². The molecular weight excluding hydrogens is 408 g/mol. The first-order valence-corrected chi connectivity index (χ1v) is 10.3. The number of thiazole rings is 1. The summed E-state index contributed by atoms with van der Waals surface area (Å²) in [5.41, 5.74) is 6.75. The van der Waals surface area contributed by atoms with E-state index in [-0.39, 0.29) is 11.6 Å². The normalized spacial score (nSPS) is 10.7. The number of benzene rings is 2. The van der Waals surface area contributed by atoms with E-state index in [4.69, 9.17) is 10.5 Å². The van der Waals surface area contributed by atoms with Gasteiger partial charge in [-0.1, -0.05) is 23.5 Å². The molecule has 0 fully saturated rings. The largest absolute Gasteiger partial charge is 0.496 e. The van der Waals surface area contributed by atoms with Gasteiger partial charge < -0.3 is 21.1 Å². The highest BCUT2D eigenvalue weighted by molar-refractivity contribution is 7.20. The predicted molar refractivity (Wildman–Crippen MR) is 117 cm³/mol. The van der Waals surface area contributed by atoms with Gasteiger partial charge in [0.25, 0.3) is 11.8 Å². The van der Waals surface area contributed by atoms with E-state index < -0.39 is 5.91 Å². The van der Waals surface area contributed by atoms with E-state index in [9.17, 15) is 9.59 Å². The van der Waals surface area contributed by atoms with Crippen molar-refractivity contribution in [3.8, 4) is 5.75 Å². The number of carbonyl (C=O) groups excluding carboxylic acids is 2. The molecule has 2 heterocycles. The molecule has 2 aromatic heterocycles. The summed E-state index contributed by atoms with van der Waals surface area (Å²) in [5.74, 6) is -0.238. The first kappa shape index (κ1) is 18.9. The van der Waals surface area contributed by atoms with E-state index in [1.54, 1.807) is 23.9 Å². The first-order chi connectivity index (χ1) is 14.0. The van der Waals surface area contributed by atoms with Gasteiger partial charge in [0, 0.05) is 16.5 Å². The number of aromatic nitrogens is 1. The number of nitrogens with one attached hydrogen (secondary N) is 2. The lowest BCUT2D eigenvalue weighted by Gasteiger charge is -2.08. The molecule has 0 saturated heterocycles. The average Bonchev–Trinajstić information content (AvgIpc) is 3.37. The van der Waals surface area contributed by atoms with Crippen molar-refractivity contribution in [3.63, 3.8) is 0 Å². The lowest BCUT2D eigenvalue weighted by molar-refractivity contribution is 0.0997. The number of primary amides is 1. The van der Waals surface area contributed by atoms with Crippen LogP contribution in [-0.4, -0.2) is 23.9 Å². The molecule has 7 nitrogen and oxygen atoms in total. The molecule has 0 atom stereocenters. The van der Waals surface area contributed by atoms with Gasteiger partial charge in [-0.3, -0.25) is 9.59 Å². The Morgan fingerprint density at radius 2 is 2.03 bits per heavy atom. The van der Waals surface area contributed by atoms with Gasteiger partial charge in [0.15, 0.2) is 10.8 Å². The average molecular weight is 425 g/mol. The summed E-state index contributed by atoms with van der Waals surface area (Å²) in [6.07, 6.45) is 0. The molecule has 29 heavy (non-hydrogen) atoms. The number of nitrogens with two attached hydrogens (primary N) is 1. The molecule has 0 aliphatic rings. The van der Waals surface area contributed by atoms with Crippen molar-refractivity contribution in [3.05, 3.63) is 64.5 Å². The summed E-state index contributed by atoms with van der Waals surface area (Å²) in [6, 6.07) is 13.3. The summed E-state index contributed by atoms with van der Waals surface area (Å²) >= 11 is 2.56. The molecule has 4 rings (SSSR count). The Morgan fingerprint density at radius 3 is 2.76 bits per heavy atom. The van der Waals surface area contributed by atoms with Crippen LogP contribution in [0, 0.1) is 0 Å². The molecule has 4 aromatic rings. The molecular formula is C20H16N4O3S2. The van der Waals surface area contributed by atoms with Crippen LogP contribution < -0.4 is 21.1 Å². The van der Waals surface area contributed by atoms with E-state index in [0.29, 0.717) is 15.7 Å². The van der Waals surface area contributed by atoms with Crippen LogP contribution in [0.2, 0.25) is 0 Å². The van der Waals surface area contributed by atoms with E-state index in [1.807, 2.05) is 36.4 Å². The van der Waals surface area contributed by atoms with Crippen molar-refractivity contribution < 1.29 is 14.3 Å². The number of hydrogen-bond donors (Lipinski definition) is 3. The zero-order valence-electron chi connectivity index (χ0n) is 15.3. The van der Waals surface area contributed by atoms with E-state index in [1.165, 1.54) is 11.3 Å². The highest BCUT2D eigenvalue weighted by Gasteiger charge is 2.19. The van der Waals surface area contributed by atoms with Crippen LogP contribution in [0.5, 0.6) is 5.75 Å². The molecule has 9 heteroatoms. The quantitative estimate of drug-likeness (QED) is 0.424. The third-order valence-electron chi connectivity index (χ3n) is 4.18. The van der Waals surface area contributed by atoms with Crippen molar-refractivity contribution in [1.82, 2.24) is 4.98 Å². The summed E-state index contributed by atoms with van der Waals surface area (Å²) in [4.78, 5) is 28.3. The Labute approximate surface area is 174 Å². The monoisotopic (exact) mass is 424 g/mol. The standard InChI is InChI=1S/C20H16N4O3S2/c1-27-15-4-2-3-11-9-13(5-6-14(11)15)22-20-23-16(17(21)25)19(29-20)24-18(26)12-7-8-28-10-12/h2-10H,1H3,(H2,21,25)(H,22,23)(H,24,26). The third kappa shape index (κ3) is 3.91. The smallest absolute Gasteiger partial charge is 0.270 e. The van der Waals surface area contributed by atoms with Crippen molar-refractivity contribution >= 4 is 61.1 Å². The van der Waals surface area contributed by atoms with Crippen LogP contribution in [0.3, 0.4) is 0 Å². The van der Waals surface area contributed by atoms with Crippen molar-refractivity contribution in [2.24, 2.45) is 5.73 Å². The maximum absolute atomic E-state index is 12.3. The van der Waals surface area contributed by atoms with Crippen LogP contribution in [0.1, 0.15) is 20.8 Å². The van der Waals surface area contributed by atoms with Crippen LogP contribution >= 0.6 is 22.7 Å². The Hall–Kier alpha value is -3.43. The number of hydrogen-bond acceptors (Lipinski definition) is 7. The van der Waals surface area contributed by atoms with Crippen LogP contribution in [0.4, 0.5) is 15.8 Å². The number of nitrogens with zero attached hydrogens (tertiary/aromatic N) is 1. The van der Waals surface area contributed by atoms with E-state index >= 15 is 0 Å². The van der Waals surface area contributed by atoms with Gasteiger partial charge in [0.2, 0.25) is 0 Å². The molecule has 0 saturated carbocycles. The topological polar surface area (TPSA) is 106 Å². The second-order valence-electron chi connectivity index (χ2n) is 6.05. The zero-order chi connectivity index (χ0) is 20.4. The first-order valence-electron chi connectivity index (χ1n) is 8.53. The van der Waals surface area contributed by atoms with E-state index in [0.717, 1.165) is 33.5 Å². The van der Waals surface area contributed by atoms with Gasteiger partial charge >= 0.3 is 0 Å². The molecule has 0 spiro atoms. The molecule has 4 N–H and O–H groups in total. The number of anilines is 3. The highest BCUT2D eigenvalue weighted by Crippen LogP contribution is 2.33. The second kappa shape index (κ2) is 7.90. The summed E-state index contributed by atoms with van der Waals surface area (Å²) in [5, 5.41) is 12.1. The molecule has 0 radical (unpaired) electrons. The predicted octanol–water partition coefficient (Wildman–Crippen LogP) is 4.46. The van der Waals surface area contributed by atoms with Gasteiger partial charge in [0.1, 0.15) is 10.8 Å². The Balaban J connectivity index is 1.61. The molecule has 146 valence electrons. The summed E-state index contributed by atoms with van der Waals surface area (Å²) < 4.78 is 5.38. The fraction of sp³-hybridized carbons (Fsp3) is 0.0500. The van der Waals surface area contributed by atoms with Gasteiger partial charge in [-0.25, -0.2) is 4.98 Å². The van der Waals surface area contributed by atoms with E-state index in [2.05, 4.69) is 15.6 Å². The Kier molecular flexibility index (Phi) is 5.15. The maximum Gasteiger partial charge on any atom is 0.270 e. The number of carbonyl (C=O) groups is 2. The minimum atomic E-state index is -0.710. The number of ether oxygens (including phenoxy) is 1. The SMILES string of the molecule is COc1cccc2cc(Nc3nc(C(N)=O)c(NC(=O)c4ccsc4)s3)ccc12. The number of rotatable bonds is 6. The fourth-order valence-electron chi connectivity index (χ4n) is 2.83.